The Bertz CT molecular complexity index is 567. The maximum Gasteiger partial charge on any atom is 0.100 e. The van der Waals surface area contributed by atoms with Crippen molar-refractivity contribution in [2.45, 2.75) is 6.92 Å². The van der Waals surface area contributed by atoms with E-state index in [1.54, 1.807) is 0 Å². The molecule has 0 aliphatic carbocycles. The molecule has 0 radical (unpaired) electrons. The van der Waals surface area contributed by atoms with E-state index in [9.17, 15) is 0 Å². The molecule has 0 saturated heterocycles. The van der Waals surface area contributed by atoms with Gasteiger partial charge in [-0.2, -0.15) is 5.26 Å². The lowest BCUT2D eigenvalue weighted by Gasteiger charge is -2.08. The zero-order valence-electron chi connectivity index (χ0n) is 8.87. The van der Waals surface area contributed by atoms with Gasteiger partial charge in [0, 0.05) is 4.47 Å². The summed E-state index contributed by atoms with van der Waals surface area (Å²) >= 11 is 3.49. The van der Waals surface area contributed by atoms with Crippen LogP contribution >= 0.6 is 15.9 Å². The molecule has 16 heavy (non-hydrogen) atoms. The Labute approximate surface area is 103 Å². The van der Waals surface area contributed by atoms with Crippen molar-refractivity contribution in [3.05, 3.63) is 58.1 Å². The first kappa shape index (κ1) is 10.9. The monoisotopic (exact) mass is 271 g/mol. The molecule has 0 aromatic heterocycles. The second kappa shape index (κ2) is 4.51. The summed E-state index contributed by atoms with van der Waals surface area (Å²) in [5.41, 5.74) is 4.10. The van der Waals surface area contributed by atoms with Gasteiger partial charge in [0.15, 0.2) is 0 Å². The van der Waals surface area contributed by atoms with Crippen molar-refractivity contribution in [1.82, 2.24) is 0 Å². The Kier molecular flexibility index (Phi) is 3.07. The number of hydrogen-bond donors (Lipinski definition) is 0. The fraction of sp³-hybridized carbons (Fsp3) is 0.0714. The molecule has 0 heterocycles. The van der Waals surface area contributed by atoms with Gasteiger partial charge >= 0.3 is 0 Å². The molecule has 0 fully saturated rings. The van der Waals surface area contributed by atoms with Crippen molar-refractivity contribution in [2.75, 3.05) is 0 Å². The van der Waals surface area contributed by atoms with Crippen molar-refractivity contribution < 1.29 is 0 Å². The molecule has 78 valence electrons. The second-order valence-corrected chi connectivity index (χ2v) is 4.39. The third-order valence-electron chi connectivity index (χ3n) is 2.55. The highest BCUT2D eigenvalue weighted by Crippen LogP contribution is 2.32. The highest BCUT2D eigenvalue weighted by Gasteiger charge is 2.08. The Morgan fingerprint density at radius 1 is 1.00 bits per heavy atom. The van der Waals surface area contributed by atoms with Crippen LogP contribution in [0.5, 0.6) is 0 Å². The van der Waals surface area contributed by atoms with E-state index in [2.05, 4.69) is 41.1 Å². The Morgan fingerprint density at radius 2 is 1.69 bits per heavy atom. The molecule has 0 aliphatic rings. The maximum atomic E-state index is 8.98. The number of nitriles is 1. The molecule has 0 aliphatic heterocycles. The van der Waals surface area contributed by atoms with Crippen LogP contribution < -0.4 is 0 Å². The summed E-state index contributed by atoms with van der Waals surface area (Å²) in [6.07, 6.45) is 0. The predicted molar refractivity (Wildman–Crippen MR) is 69.0 cm³/mol. The highest BCUT2D eigenvalue weighted by molar-refractivity contribution is 9.10. The van der Waals surface area contributed by atoms with Crippen LogP contribution in [0, 0.1) is 18.3 Å². The van der Waals surface area contributed by atoms with Gasteiger partial charge in [0.25, 0.3) is 0 Å². The van der Waals surface area contributed by atoms with E-state index in [0.717, 1.165) is 15.6 Å². The van der Waals surface area contributed by atoms with Crippen LogP contribution in [0.15, 0.2) is 46.9 Å². The van der Waals surface area contributed by atoms with Crippen molar-refractivity contribution in [1.29, 1.82) is 5.26 Å². The number of nitrogens with zero attached hydrogens (tertiary/aromatic N) is 1. The maximum absolute atomic E-state index is 8.98. The summed E-state index contributed by atoms with van der Waals surface area (Å²) in [7, 11) is 0. The lowest BCUT2D eigenvalue weighted by atomic mass is 9.99. The van der Waals surface area contributed by atoms with Crippen LogP contribution in [0.25, 0.3) is 11.1 Å². The number of benzene rings is 2. The van der Waals surface area contributed by atoms with Gasteiger partial charge < -0.3 is 0 Å². The Balaban J connectivity index is 2.67. The van der Waals surface area contributed by atoms with Crippen LogP contribution in [0.4, 0.5) is 0 Å². The molecule has 0 bridgehead atoms. The lowest BCUT2D eigenvalue weighted by molar-refractivity contribution is 1.43. The van der Waals surface area contributed by atoms with E-state index in [1.165, 1.54) is 5.56 Å². The summed E-state index contributed by atoms with van der Waals surface area (Å²) in [5.74, 6) is 0. The largest absolute Gasteiger partial charge is 0.192 e. The zero-order chi connectivity index (χ0) is 11.5. The Hall–Kier alpha value is -1.59. The molecule has 0 N–H and O–H groups in total. The third kappa shape index (κ3) is 1.87. The van der Waals surface area contributed by atoms with Crippen LogP contribution in [-0.2, 0) is 0 Å². The molecule has 2 aromatic rings. The summed E-state index contributed by atoms with van der Waals surface area (Å²) in [6.45, 7) is 2.07. The van der Waals surface area contributed by atoms with Gasteiger partial charge in [0.2, 0.25) is 0 Å². The fourth-order valence-electron chi connectivity index (χ4n) is 1.70. The second-order valence-electron chi connectivity index (χ2n) is 3.59. The summed E-state index contributed by atoms with van der Waals surface area (Å²) in [4.78, 5) is 0. The third-order valence-corrected chi connectivity index (χ3v) is 3.41. The molecule has 0 amide bonds. The first-order valence-electron chi connectivity index (χ1n) is 4.98. The minimum Gasteiger partial charge on any atom is -0.192 e. The minimum absolute atomic E-state index is 0.667. The van der Waals surface area contributed by atoms with Crippen molar-refractivity contribution in [2.24, 2.45) is 0 Å². The van der Waals surface area contributed by atoms with E-state index < -0.39 is 0 Å². The first-order valence-corrected chi connectivity index (χ1v) is 5.78. The molecule has 2 heteroatoms. The number of rotatable bonds is 1. The lowest BCUT2D eigenvalue weighted by Crippen LogP contribution is -1.86. The average molecular weight is 272 g/mol. The first-order chi connectivity index (χ1) is 7.74. The van der Waals surface area contributed by atoms with Gasteiger partial charge in [-0.1, -0.05) is 36.4 Å². The smallest absolute Gasteiger partial charge is 0.100 e. The Morgan fingerprint density at radius 3 is 2.38 bits per heavy atom. The van der Waals surface area contributed by atoms with Crippen LogP contribution in [0.3, 0.4) is 0 Å². The van der Waals surface area contributed by atoms with Crippen LogP contribution in [-0.4, -0.2) is 0 Å². The highest BCUT2D eigenvalue weighted by atomic mass is 79.9. The molecule has 0 saturated carbocycles. The topological polar surface area (TPSA) is 23.8 Å². The molecule has 0 atom stereocenters. The molecule has 0 unspecified atom stereocenters. The molecular weight excluding hydrogens is 262 g/mol. The number of aryl methyl sites for hydroxylation is 1. The summed E-state index contributed by atoms with van der Waals surface area (Å²) in [6, 6.07) is 16.1. The molecule has 2 rings (SSSR count). The van der Waals surface area contributed by atoms with Gasteiger partial charge in [-0.15, -0.1) is 0 Å². The quantitative estimate of drug-likeness (QED) is 0.759. The van der Waals surface area contributed by atoms with Gasteiger partial charge in [0.1, 0.15) is 6.07 Å². The molecule has 2 aromatic carbocycles. The summed E-state index contributed by atoms with van der Waals surface area (Å²) < 4.78 is 0.867. The summed E-state index contributed by atoms with van der Waals surface area (Å²) in [5, 5.41) is 8.98. The van der Waals surface area contributed by atoms with Crippen LogP contribution in [0.1, 0.15) is 11.1 Å². The van der Waals surface area contributed by atoms with E-state index in [4.69, 9.17) is 5.26 Å². The van der Waals surface area contributed by atoms with Gasteiger partial charge in [0.05, 0.1) is 5.56 Å². The van der Waals surface area contributed by atoms with Gasteiger partial charge in [-0.3, -0.25) is 0 Å². The normalized spacial score (nSPS) is 9.81. The van der Waals surface area contributed by atoms with Crippen molar-refractivity contribution in [3.63, 3.8) is 0 Å². The van der Waals surface area contributed by atoms with Gasteiger partial charge in [-0.05, 0) is 45.6 Å². The van der Waals surface area contributed by atoms with Crippen LogP contribution in [0.2, 0.25) is 0 Å². The number of hydrogen-bond acceptors (Lipinski definition) is 1. The SMILES string of the molecule is Cc1ccccc1-c1cccc(C#N)c1Br. The minimum atomic E-state index is 0.667. The molecular formula is C14H10BrN. The fourth-order valence-corrected chi connectivity index (χ4v) is 2.27. The van der Waals surface area contributed by atoms with E-state index >= 15 is 0 Å². The zero-order valence-corrected chi connectivity index (χ0v) is 10.5. The van der Waals surface area contributed by atoms with Crippen molar-refractivity contribution >= 4 is 15.9 Å². The van der Waals surface area contributed by atoms with E-state index in [-0.39, 0.29) is 0 Å². The predicted octanol–water partition coefficient (Wildman–Crippen LogP) is 4.30. The van der Waals surface area contributed by atoms with E-state index in [0.29, 0.717) is 5.56 Å². The molecule has 1 nitrogen and oxygen atoms in total. The standard InChI is InChI=1S/C14H10BrN/c1-10-5-2-3-7-12(10)13-8-4-6-11(9-16)14(13)15/h2-8H,1H3. The molecule has 0 spiro atoms. The van der Waals surface area contributed by atoms with E-state index in [1.807, 2.05) is 30.3 Å². The average Bonchev–Trinajstić information content (AvgIpc) is 2.31. The van der Waals surface area contributed by atoms with Crippen molar-refractivity contribution in [3.8, 4) is 17.2 Å². The van der Waals surface area contributed by atoms with Gasteiger partial charge in [-0.25, -0.2) is 0 Å². The number of halogens is 1.